The maximum Gasteiger partial charge on any atom is 0.410 e. The minimum absolute atomic E-state index is 0.00416. The summed E-state index contributed by atoms with van der Waals surface area (Å²) in [6.07, 6.45) is 1.17. The lowest BCUT2D eigenvalue weighted by atomic mass is 10.0. The molecule has 7 nitrogen and oxygen atoms in total. The molecular formula is C16H21N3O4S. The molecule has 0 radical (unpaired) electrons. The minimum atomic E-state index is -0.254. The molecule has 1 N–H and O–H groups in total. The number of likely N-dealkylation sites (tertiary alicyclic amines) is 1. The van der Waals surface area contributed by atoms with Gasteiger partial charge < -0.3 is 19.9 Å². The van der Waals surface area contributed by atoms with Crippen molar-refractivity contribution >= 4 is 29.2 Å². The Balaban J connectivity index is 1.43. The molecule has 3 heterocycles. The molecule has 1 atom stereocenters. The van der Waals surface area contributed by atoms with Gasteiger partial charge in [-0.1, -0.05) is 6.07 Å². The maximum absolute atomic E-state index is 12.2. The van der Waals surface area contributed by atoms with Gasteiger partial charge in [0, 0.05) is 19.1 Å². The molecule has 1 unspecified atom stereocenters. The zero-order valence-electron chi connectivity index (χ0n) is 13.6. The fourth-order valence-electron chi connectivity index (χ4n) is 3.12. The molecule has 0 bridgehead atoms. The van der Waals surface area contributed by atoms with Crippen LogP contribution in [0, 0.1) is 0 Å². The van der Waals surface area contributed by atoms with Crippen LogP contribution in [-0.2, 0) is 9.53 Å². The Labute approximate surface area is 144 Å². The van der Waals surface area contributed by atoms with E-state index in [4.69, 9.17) is 4.74 Å². The summed E-state index contributed by atoms with van der Waals surface area (Å²) in [6.45, 7) is 3.69. The van der Waals surface area contributed by atoms with E-state index in [1.54, 1.807) is 21.9 Å². The van der Waals surface area contributed by atoms with Crippen LogP contribution in [-0.4, -0.2) is 66.0 Å². The summed E-state index contributed by atoms with van der Waals surface area (Å²) < 4.78 is 5.16. The Morgan fingerprint density at radius 2 is 2.12 bits per heavy atom. The zero-order chi connectivity index (χ0) is 17.1. The van der Waals surface area contributed by atoms with Crippen LogP contribution in [0.15, 0.2) is 17.5 Å². The van der Waals surface area contributed by atoms with Gasteiger partial charge in [-0.15, -0.1) is 11.3 Å². The third-order valence-corrected chi connectivity index (χ3v) is 5.26. The van der Waals surface area contributed by atoms with Gasteiger partial charge in [0.05, 0.1) is 18.0 Å². The average molecular weight is 351 g/mol. The van der Waals surface area contributed by atoms with Crippen LogP contribution in [0.4, 0.5) is 4.79 Å². The standard InChI is InChI=1S/C16H21N3O4S/c1-11-10-19(16(22)23-11)12-4-6-18(7-5-12)14(20)9-17-15(21)13-3-2-8-24-13/h2-3,8,11-12H,4-7,9-10H2,1H3,(H,17,21). The molecule has 2 fully saturated rings. The smallest absolute Gasteiger partial charge is 0.410 e. The molecule has 2 saturated heterocycles. The average Bonchev–Trinajstić information content (AvgIpc) is 3.22. The minimum Gasteiger partial charge on any atom is -0.444 e. The highest BCUT2D eigenvalue weighted by atomic mass is 32.1. The van der Waals surface area contributed by atoms with Crippen LogP contribution in [0.2, 0.25) is 0 Å². The Kier molecular flexibility index (Phi) is 5.03. The normalized spacial score (nSPS) is 21.7. The van der Waals surface area contributed by atoms with Crippen molar-refractivity contribution in [3.63, 3.8) is 0 Å². The highest BCUT2D eigenvalue weighted by Gasteiger charge is 2.36. The maximum atomic E-state index is 12.2. The lowest BCUT2D eigenvalue weighted by Gasteiger charge is -2.35. The van der Waals surface area contributed by atoms with Crippen LogP contribution < -0.4 is 5.32 Å². The SMILES string of the molecule is CC1CN(C2CCN(C(=O)CNC(=O)c3cccs3)CC2)C(=O)O1. The number of piperidine rings is 1. The highest BCUT2D eigenvalue weighted by Crippen LogP contribution is 2.22. The number of ether oxygens (including phenoxy) is 1. The quantitative estimate of drug-likeness (QED) is 0.887. The molecule has 1 aromatic heterocycles. The van der Waals surface area contributed by atoms with Crippen molar-refractivity contribution in [1.29, 1.82) is 0 Å². The fourth-order valence-corrected chi connectivity index (χ4v) is 3.76. The molecular weight excluding hydrogens is 330 g/mol. The lowest BCUT2D eigenvalue weighted by Crippen LogP contribution is -2.49. The second-order valence-electron chi connectivity index (χ2n) is 6.12. The first-order chi connectivity index (χ1) is 11.5. The number of carbonyl (C=O) groups excluding carboxylic acids is 3. The molecule has 3 amide bonds. The van der Waals surface area contributed by atoms with Gasteiger partial charge in [0.2, 0.25) is 5.91 Å². The molecule has 0 aromatic carbocycles. The summed E-state index contributed by atoms with van der Waals surface area (Å²) in [4.78, 5) is 40.0. The number of amides is 3. The molecule has 2 aliphatic rings. The van der Waals surface area contributed by atoms with Gasteiger partial charge in [-0.25, -0.2) is 4.79 Å². The summed E-state index contributed by atoms with van der Waals surface area (Å²) in [7, 11) is 0. The van der Waals surface area contributed by atoms with Crippen LogP contribution in [0.25, 0.3) is 0 Å². The number of nitrogens with one attached hydrogen (secondary N) is 1. The van der Waals surface area contributed by atoms with Crippen molar-refractivity contribution in [2.24, 2.45) is 0 Å². The van der Waals surface area contributed by atoms with Gasteiger partial charge >= 0.3 is 6.09 Å². The van der Waals surface area contributed by atoms with Crippen LogP contribution in [0.3, 0.4) is 0 Å². The van der Waals surface area contributed by atoms with Crippen LogP contribution in [0.5, 0.6) is 0 Å². The molecule has 24 heavy (non-hydrogen) atoms. The van der Waals surface area contributed by atoms with Gasteiger partial charge in [-0.3, -0.25) is 9.59 Å². The summed E-state index contributed by atoms with van der Waals surface area (Å²) in [5, 5.41) is 4.48. The van der Waals surface area contributed by atoms with E-state index < -0.39 is 0 Å². The van der Waals surface area contributed by atoms with Crippen molar-refractivity contribution in [3.8, 4) is 0 Å². The molecule has 1 aromatic rings. The summed E-state index contributed by atoms with van der Waals surface area (Å²) >= 11 is 1.35. The second-order valence-corrected chi connectivity index (χ2v) is 7.07. The molecule has 8 heteroatoms. The highest BCUT2D eigenvalue weighted by molar-refractivity contribution is 7.12. The Morgan fingerprint density at radius 3 is 2.71 bits per heavy atom. The number of hydrogen-bond donors (Lipinski definition) is 1. The first-order valence-electron chi connectivity index (χ1n) is 8.11. The number of rotatable bonds is 4. The zero-order valence-corrected chi connectivity index (χ0v) is 14.4. The van der Waals surface area contributed by atoms with Crippen molar-refractivity contribution in [3.05, 3.63) is 22.4 Å². The lowest BCUT2D eigenvalue weighted by molar-refractivity contribution is -0.131. The van der Waals surface area contributed by atoms with Crippen molar-refractivity contribution < 1.29 is 19.1 Å². The monoisotopic (exact) mass is 351 g/mol. The van der Waals surface area contributed by atoms with Gasteiger partial charge in [0.15, 0.2) is 0 Å². The Bertz CT molecular complexity index is 611. The predicted molar refractivity (Wildman–Crippen MR) is 88.9 cm³/mol. The summed E-state index contributed by atoms with van der Waals surface area (Å²) in [6, 6.07) is 3.66. The van der Waals surface area contributed by atoms with Gasteiger partial charge in [-0.05, 0) is 31.2 Å². The molecule has 3 rings (SSSR count). The number of cyclic esters (lactones) is 1. The van der Waals surface area contributed by atoms with E-state index in [0.29, 0.717) is 24.5 Å². The van der Waals surface area contributed by atoms with Crippen molar-refractivity contribution in [1.82, 2.24) is 15.1 Å². The van der Waals surface area contributed by atoms with Gasteiger partial charge in [0.25, 0.3) is 5.91 Å². The van der Waals surface area contributed by atoms with Gasteiger partial charge in [0.1, 0.15) is 6.10 Å². The molecule has 130 valence electrons. The van der Waals surface area contributed by atoms with E-state index in [1.807, 2.05) is 12.3 Å². The molecule has 2 aliphatic heterocycles. The largest absolute Gasteiger partial charge is 0.444 e. The van der Waals surface area contributed by atoms with E-state index >= 15 is 0 Å². The summed E-state index contributed by atoms with van der Waals surface area (Å²) in [5.41, 5.74) is 0. The summed E-state index contributed by atoms with van der Waals surface area (Å²) in [5.74, 6) is -0.308. The molecule has 0 aliphatic carbocycles. The van der Waals surface area contributed by atoms with Crippen molar-refractivity contribution in [2.45, 2.75) is 31.9 Å². The van der Waals surface area contributed by atoms with E-state index in [2.05, 4.69) is 5.32 Å². The third-order valence-electron chi connectivity index (χ3n) is 4.39. The Morgan fingerprint density at radius 1 is 1.38 bits per heavy atom. The van der Waals surface area contributed by atoms with Crippen LogP contribution >= 0.6 is 11.3 Å². The van der Waals surface area contributed by atoms with E-state index in [0.717, 1.165) is 12.8 Å². The number of hydrogen-bond acceptors (Lipinski definition) is 5. The third kappa shape index (κ3) is 3.69. The first-order valence-corrected chi connectivity index (χ1v) is 8.99. The molecule has 0 saturated carbocycles. The number of thiophene rings is 1. The van der Waals surface area contributed by atoms with Gasteiger partial charge in [-0.2, -0.15) is 0 Å². The van der Waals surface area contributed by atoms with E-state index in [9.17, 15) is 14.4 Å². The molecule has 0 spiro atoms. The van der Waals surface area contributed by atoms with Crippen molar-refractivity contribution in [2.75, 3.05) is 26.2 Å². The second kappa shape index (κ2) is 7.21. The Hall–Kier alpha value is -2.09. The first kappa shape index (κ1) is 16.8. The number of nitrogens with zero attached hydrogens (tertiary/aromatic N) is 2. The van der Waals surface area contributed by atoms with E-state index in [1.165, 1.54) is 11.3 Å². The van der Waals surface area contributed by atoms with Crippen LogP contribution in [0.1, 0.15) is 29.4 Å². The number of carbonyl (C=O) groups is 3. The topological polar surface area (TPSA) is 79.0 Å². The fraction of sp³-hybridized carbons (Fsp3) is 0.562. The predicted octanol–water partition coefficient (Wildman–Crippen LogP) is 1.31. The van der Waals surface area contributed by atoms with E-state index in [-0.39, 0.29) is 36.6 Å².